The molecule has 0 fully saturated rings. The Kier molecular flexibility index (Phi) is 7.48. The van der Waals surface area contributed by atoms with Crippen LogP contribution in [0.25, 0.3) is 0 Å². The number of nitrogens with zero attached hydrogens (tertiary/aromatic N) is 1. The number of ether oxygens (including phenoxy) is 1. The predicted octanol–water partition coefficient (Wildman–Crippen LogP) is 0.420. The molecule has 1 aromatic carbocycles. The molecule has 114 valence electrons. The first-order chi connectivity index (χ1) is 10.2. The summed E-state index contributed by atoms with van der Waals surface area (Å²) in [5.41, 5.74) is 2.03. The van der Waals surface area contributed by atoms with Gasteiger partial charge in [0.2, 0.25) is 0 Å². The molecule has 0 unspecified atom stereocenters. The zero-order chi connectivity index (χ0) is 15.7. The lowest BCUT2D eigenvalue weighted by Gasteiger charge is -2.22. The fourth-order valence-corrected chi connectivity index (χ4v) is 1.94. The van der Waals surface area contributed by atoms with Crippen LogP contribution in [0.15, 0.2) is 18.2 Å². The number of hydrogen-bond acceptors (Lipinski definition) is 4. The molecule has 0 aromatic heterocycles. The third-order valence-electron chi connectivity index (χ3n) is 3.09. The zero-order valence-electron chi connectivity index (χ0n) is 12.4. The van der Waals surface area contributed by atoms with E-state index in [1.165, 1.54) is 0 Å². The molecule has 1 rings (SSSR count). The van der Waals surface area contributed by atoms with Gasteiger partial charge in [0.25, 0.3) is 5.91 Å². The van der Waals surface area contributed by atoms with E-state index in [0.29, 0.717) is 24.3 Å². The molecule has 0 aliphatic rings. The Labute approximate surface area is 125 Å². The number of carbonyl (C=O) groups excluding carboxylic acids is 1. The molecule has 21 heavy (non-hydrogen) atoms. The minimum absolute atomic E-state index is 0.0987. The molecule has 0 aliphatic heterocycles. The molecule has 0 radical (unpaired) electrons. The van der Waals surface area contributed by atoms with Gasteiger partial charge >= 0.3 is 0 Å². The van der Waals surface area contributed by atoms with E-state index in [2.05, 4.69) is 11.8 Å². The standard InChI is InChI=1S/C16H21NO4/c1-13-14(6-4-10-18)5-3-7-15(13)16(20)17(8-11-19)9-12-21-2/h3,5,7,18-19H,8-12H2,1-2H3. The molecule has 2 N–H and O–H groups in total. The lowest BCUT2D eigenvalue weighted by molar-refractivity contribution is 0.0655. The third-order valence-corrected chi connectivity index (χ3v) is 3.09. The summed E-state index contributed by atoms with van der Waals surface area (Å²) in [6.07, 6.45) is 0. The molecular formula is C16H21NO4. The summed E-state index contributed by atoms with van der Waals surface area (Å²) < 4.78 is 4.99. The quantitative estimate of drug-likeness (QED) is 0.745. The van der Waals surface area contributed by atoms with Crippen LogP contribution < -0.4 is 0 Å². The maximum atomic E-state index is 12.5. The van der Waals surface area contributed by atoms with Crippen LogP contribution >= 0.6 is 0 Å². The van der Waals surface area contributed by atoms with Crippen LogP contribution in [0.2, 0.25) is 0 Å². The number of aliphatic hydroxyl groups excluding tert-OH is 2. The molecule has 5 heteroatoms. The van der Waals surface area contributed by atoms with Gasteiger partial charge in [0.05, 0.1) is 13.2 Å². The van der Waals surface area contributed by atoms with Gasteiger partial charge < -0.3 is 19.8 Å². The van der Waals surface area contributed by atoms with Gasteiger partial charge in [0.1, 0.15) is 6.61 Å². The van der Waals surface area contributed by atoms with Gasteiger partial charge in [-0.1, -0.05) is 17.9 Å². The highest BCUT2D eigenvalue weighted by Crippen LogP contribution is 2.15. The fraction of sp³-hybridized carbons (Fsp3) is 0.438. The van der Waals surface area contributed by atoms with Crippen molar-refractivity contribution in [1.29, 1.82) is 0 Å². The average molecular weight is 291 g/mol. The van der Waals surface area contributed by atoms with E-state index < -0.39 is 0 Å². The monoisotopic (exact) mass is 291 g/mol. The molecule has 0 saturated carbocycles. The Morgan fingerprint density at radius 1 is 1.33 bits per heavy atom. The lowest BCUT2D eigenvalue weighted by Crippen LogP contribution is -2.36. The largest absolute Gasteiger partial charge is 0.395 e. The second-order valence-corrected chi connectivity index (χ2v) is 4.45. The highest BCUT2D eigenvalue weighted by Gasteiger charge is 2.17. The summed E-state index contributed by atoms with van der Waals surface area (Å²) in [7, 11) is 1.57. The van der Waals surface area contributed by atoms with Gasteiger partial charge in [-0.2, -0.15) is 0 Å². The minimum atomic E-state index is -0.220. The van der Waals surface area contributed by atoms with E-state index >= 15 is 0 Å². The van der Waals surface area contributed by atoms with Gasteiger partial charge in [-0.15, -0.1) is 0 Å². The zero-order valence-corrected chi connectivity index (χ0v) is 12.4. The number of rotatable bonds is 6. The van der Waals surface area contributed by atoms with Crippen molar-refractivity contribution >= 4 is 5.91 Å². The van der Waals surface area contributed by atoms with Gasteiger partial charge in [0.15, 0.2) is 0 Å². The van der Waals surface area contributed by atoms with Crippen LogP contribution in [0.1, 0.15) is 21.5 Å². The summed E-state index contributed by atoms with van der Waals surface area (Å²) in [6, 6.07) is 5.30. The topological polar surface area (TPSA) is 70.0 Å². The van der Waals surface area contributed by atoms with Crippen LogP contribution in [-0.2, 0) is 4.74 Å². The number of hydrogen-bond donors (Lipinski definition) is 2. The maximum Gasteiger partial charge on any atom is 0.254 e. The molecule has 0 aliphatic carbocycles. The number of benzene rings is 1. The van der Waals surface area contributed by atoms with Crippen molar-refractivity contribution in [2.45, 2.75) is 6.92 Å². The Morgan fingerprint density at radius 3 is 2.71 bits per heavy atom. The first kappa shape index (κ1) is 17.2. The molecule has 0 bridgehead atoms. The summed E-state index contributed by atoms with van der Waals surface area (Å²) in [5, 5.41) is 17.8. The van der Waals surface area contributed by atoms with Crippen molar-refractivity contribution in [3.05, 3.63) is 34.9 Å². The van der Waals surface area contributed by atoms with E-state index in [-0.39, 0.29) is 25.7 Å². The Balaban J connectivity index is 3.04. The molecule has 0 heterocycles. The van der Waals surface area contributed by atoms with Crippen molar-refractivity contribution in [2.75, 3.05) is 40.0 Å². The molecular weight excluding hydrogens is 270 g/mol. The van der Waals surface area contributed by atoms with Crippen LogP contribution in [-0.4, -0.2) is 61.0 Å². The van der Waals surface area contributed by atoms with Crippen molar-refractivity contribution in [3.8, 4) is 11.8 Å². The fourth-order valence-electron chi connectivity index (χ4n) is 1.94. The number of aliphatic hydroxyl groups is 2. The number of methoxy groups -OCH3 is 1. The lowest BCUT2D eigenvalue weighted by atomic mass is 10.0. The number of carbonyl (C=O) groups is 1. The Morgan fingerprint density at radius 2 is 2.10 bits per heavy atom. The van der Waals surface area contributed by atoms with E-state index in [9.17, 15) is 4.79 Å². The van der Waals surface area contributed by atoms with Crippen LogP contribution in [0.5, 0.6) is 0 Å². The van der Waals surface area contributed by atoms with Gasteiger partial charge in [-0.3, -0.25) is 4.79 Å². The number of amides is 1. The molecule has 0 saturated heterocycles. The van der Waals surface area contributed by atoms with E-state index in [4.69, 9.17) is 14.9 Å². The molecule has 1 amide bonds. The Hall–Kier alpha value is -1.87. The normalized spacial score (nSPS) is 9.90. The van der Waals surface area contributed by atoms with Crippen LogP contribution in [0.3, 0.4) is 0 Å². The first-order valence-corrected chi connectivity index (χ1v) is 6.74. The van der Waals surface area contributed by atoms with Crippen molar-refractivity contribution in [1.82, 2.24) is 4.90 Å². The molecule has 0 spiro atoms. The van der Waals surface area contributed by atoms with E-state index in [1.54, 1.807) is 30.2 Å². The SMILES string of the molecule is COCCN(CCO)C(=O)c1cccc(C#CCO)c1C. The summed E-state index contributed by atoms with van der Waals surface area (Å²) >= 11 is 0. The van der Waals surface area contributed by atoms with E-state index in [1.807, 2.05) is 6.92 Å². The smallest absolute Gasteiger partial charge is 0.254 e. The third kappa shape index (κ3) is 4.87. The predicted molar refractivity (Wildman–Crippen MR) is 80.0 cm³/mol. The summed E-state index contributed by atoms with van der Waals surface area (Å²) in [4.78, 5) is 14.1. The highest BCUT2D eigenvalue weighted by atomic mass is 16.5. The summed E-state index contributed by atoms with van der Waals surface area (Å²) in [6.45, 7) is 2.59. The Bertz CT molecular complexity index is 531. The van der Waals surface area contributed by atoms with Crippen molar-refractivity contribution in [2.24, 2.45) is 0 Å². The second kappa shape index (κ2) is 9.14. The first-order valence-electron chi connectivity index (χ1n) is 6.74. The van der Waals surface area contributed by atoms with Gasteiger partial charge in [0, 0.05) is 31.3 Å². The van der Waals surface area contributed by atoms with Gasteiger partial charge in [-0.05, 0) is 24.6 Å². The average Bonchev–Trinajstić information content (AvgIpc) is 2.50. The second-order valence-electron chi connectivity index (χ2n) is 4.45. The van der Waals surface area contributed by atoms with E-state index in [0.717, 1.165) is 5.56 Å². The molecule has 1 aromatic rings. The van der Waals surface area contributed by atoms with Crippen LogP contribution in [0.4, 0.5) is 0 Å². The molecule has 5 nitrogen and oxygen atoms in total. The van der Waals surface area contributed by atoms with Gasteiger partial charge in [-0.25, -0.2) is 0 Å². The molecule has 0 atom stereocenters. The summed E-state index contributed by atoms with van der Waals surface area (Å²) in [5.74, 6) is 5.25. The maximum absolute atomic E-state index is 12.5. The van der Waals surface area contributed by atoms with Crippen LogP contribution in [0, 0.1) is 18.8 Å². The minimum Gasteiger partial charge on any atom is -0.395 e. The van der Waals surface area contributed by atoms with Crippen molar-refractivity contribution < 1.29 is 19.7 Å². The van der Waals surface area contributed by atoms with Crippen molar-refractivity contribution in [3.63, 3.8) is 0 Å². The highest BCUT2D eigenvalue weighted by molar-refractivity contribution is 5.96.